The second-order valence-corrected chi connectivity index (χ2v) is 8.86. The largest absolute Gasteiger partial charge is 0.485 e. The van der Waals surface area contributed by atoms with Crippen molar-refractivity contribution in [2.24, 2.45) is 0 Å². The fraction of sp³-hybridized carbons (Fsp3) is 0.0769. The van der Waals surface area contributed by atoms with Gasteiger partial charge in [0, 0.05) is 16.6 Å². The summed E-state index contributed by atoms with van der Waals surface area (Å²) in [6, 6.07) is 24.8. The molecular weight excluding hydrogens is 518 g/mol. The molecule has 0 bridgehead atoms. The number of halogens is 2. The third-order valence-electron chi connectivity index (χ3n) is 5.24. The maximum absolute atomic E-state index is 12.7. The zero-order valence-corrected chi connectivity index (χ0v) is 20.2. The van der Waals surface area contributed by atoms with Crippen molar-refractivity contribution >= 4 is 50.0 Å². The molecule has 2 aromatic heterocycles. The SMILES string of the molecule is O=C(Nc1nn(Cc2ccccc2Cl)cc1Br)c1ccc(COc2cccc3ccccc23)o1. The summed E-state index contributed by atoms with van der Waals surface area (Å²) in [5, 5.41) is 9.99. The van der Waals surface area contributed by atoms with Gasteiger partial charge in [0.05, 0.1) is 11.0 Å². The minimum Gasteiger partial charge on any atom is -0.485 e. The number of amides is 1. The fourth-order valence-corrected chi connectivity index (χ4v) is 4.19. The first kappa shape index (κ1) is 22.3. The van der Waals surface area contributed by atoms with Crippen LogP contribution in [0.3, 0.4) is 0 Å². The molecule has 8 heteroatoms. The Morgan fingerprint density at radius 3 is 2.71 bits per heavy atom. The number of carbonyl (C=O) groups excluding carboxylic acids is 1. The molecule has 34 heavy (non-hydrogen) atoms. The third-order valence-corrected chi connectivity index (χ3v) is 6.19. The highest BCUT2D eigenvalue weighted by atomic mass is 79.9. The van der Waals surface area contributed by atoms with Gasteiger partial charge in [0.2, 0.25) is 0 Å². The molecule has 6 nitrogen and oxygen atoms in total. The van der Waals surface area contributed by atoms with Crippen molar-refractivity contribution in [3.8, 4) is 5.75 Å². The monoisotopic (exact) mass is 535 g/mol. The second kappa shape index (κ2) is 9.75. The number of rotatable bonds is 7. The molecule has 3 aromatic carbocycles. The Morgan fingerprint density at radius 1 is 1.03 bits per heavy atom. The van der Waals surface area contributed by atoms with Crippen LogP contribution >= 0.6 is 27.5 Å². The van der Waals surface area contributed by atoms with Gasteiger partial charge in [-0.15, -0.1) is 0 Å². The normalized spacial score (nSPS) is 11.0. The molecule has 170 valence electrons. The molecule has 0 fully saturated rings. The van der Waals surface area contributed by atoms with Gasteiger partial charge in [-0.3, -0.25) is 9.48 Å². The highest BCUT2D eigenvalue weighted by Gasteiger charge is 2.16. The molecule has 0 atom stereocenters. The number of nitrogens with zero attached hydrogens (tertiary/aromatic N) is 2. The molecule has 0 aliphatic heterocycles. The van der Waals surface area contributed by atoms with Crippen LogP contribution in [0.2, 0.25) is 5.02 Å². The average Bonchev–Trinajstić information content (AvgIpc) is 3.46. The zero-order chi connectivity index (χ0) is 23.5. The molecule has 5 rings (SSSR count). The highest BCUT2D eigenvalue weighted by Crippen LogP contribution is 2.27. The van der Waals surface area contributed by atoms with Crippen molar-refractivity contribution in [3.63, 3.8) is 0 Å². The molecule has 1 amide bonds. The average molecular weight is 537 g/mol. The number of carbonyl (C=O) groups is 1. The summed E-state index contributed by atoms with van der Waals surface area (Å²) < 4.78 is 14.0. The number of ether oxygens (including phenoxy) is 1. The first-order valence-electron chi connectivity index (χ1n) is 10.5. The quantitative estimate of drug-likeness (QED) is 0.245. The van der Waals surface area contributed by atoms with Crippen LogP contribution in [0.25, 0.3) is 10.8 Å². The van der Waals surface area contributed by atoms with E-state index < -0.39 is 5.91 Å². The minimum absolute atomic E-state index is 0.170. The van der Waals surface area contributed by atoms with Crippen LogP contribution in [0.5, 0.6) is 5.75 Å². The van der Waals surface area contributed by atoms with Crippen molar-refractivity contribution in [3.05, 3.63) is 112 Å². The topological polar surface area (TPSA) is 69.3 Å². The van der Waals surface area contributed by atoms with E-state index >= 15 is 0 Å². The van der Waals surface area contributed by atoms with Crippen molar-refractivity contribution < 1.29 is 13.9 Å². The molecule has 0 aliphatic carbocycles. The molecule has 0 spiro atoms. The Hall–Kier alpha value is -3.55. The lowest BCUT2D eigenvalue weighted by atomic mass is 10.1. The van der Waals surface area contributed by atoms with Gasteiger partial charge in [-0.25, -0.2) is 0 Å². The first-order chi connectivity index (χ1) is 16.6. The number of fused-ring (bicyclic) bond motifs is 1. The number of nitrogens with one attached hydrogen (secondary N) is 1. The van der Waals surface area contributed by atoms with Crippen molar-refractivity contribution in [2.75, 3.05) is 5.32 Å². The van der Waals surface area contributed by atoms with E-state index in [1.54, 1.807) is 23.0 Å². The van der Waals surface area contributed by atoms with Crippen molar-refractivity contribution in [1.82, 2.24) is 9.78 Å². The molecule has 0 aliphatic rings. The predicted octanol–water partition coefficient (Wildman–Crippen LogP) is 6.92. The van der Waals surface area contributed by atoms with E-state index in [2.05, 4.69) is 26.3 Å². The summed E-state index contributed by atoms with van der Waals surface area (Å²) in [5.41, 5.74) is 0.930. The molecule has 1 N–H and O–H groups in total. The van der Waals surface area contributed by atoms with E-state index in [9.17, 15) is 4.79 Å². The summed E-state index contributed by atoms with van der Waals surface area (Å²) >= 11 is 9.68. The summed E-state index contributed by atoms with van der Waals surface area (Å²) in [6.45, 7) is 0.683. The number of hydrogen-bond donors (Lipinski definition) is 1. The van der Waals surface area contributed by atoms with Gasteiger partial charge in [-0.2, -0.15) is 5.10 Å². The molecule has 0 saturated carbocycles. The number of furan rings is 1. The van der Waals surface area contributed by atoms with E-state index in [-0.39, 0.29) is 12.4 Å². The number of aromatic nitrogens is 2. The summed E-state index contributed by atoms with van der Waals surface area (Å²) in [6.07, 6.45) is 1.78. The molecule has 0 radical (unpaired) electrons. The van der Waals surface area contributed by atoms with E-state index in [0.717, 1.165) is 22.1 Å². The lowest BCUT2D eigenvalue weighted by Gasteiger charge is -2.08. The van der Waals surface area contributed by atoms with Crippen LogP contribution in [0.1, 0.15) is 21.9 Å². The Balaban J connectivity index is 1.24. The van der Waals surface area contributed by atoms with Crippen molar-refractivity contribution in [2.45, 2.75) is 13.2 Å². The van der Waals surface area contributed by atoms with E-state index in [0.29, 0.717) is 27.6 Å². The van der Waals surface area contributed by atoms with E-state index in [1.807, 2.05) is 66.7 Å². The maximum atomic E-state index is 12.7. The smallest absolute Gasteiger partial charge is 0.292 e. The molecule has 0 saturated heterocycles. The van der Waals surface area contributed by atoms with Gasteiger partial charge in [-0.05, 0) is 51.1 Å². The Labute approximate surface area is 209 Å². The summed E-state index contributed by atoms with van der Waals surface area (Å²) in [5.74, 6) is 1.46. The highest BCUT2D eigenvalue weighted by molar-refractivity contribution is 9.10. The Bertz CT molecular complexity index is 1470. The summed E-state index contributed by atoms with van der Waals surface area (Å²) in [4.78, 5) is 12.7. The predicted molar refractivity (Wildman–Crippen MR) is 135 cm³/mol. The minimum atomic E-state index is -0.403. The number of benzene rings is 3. The van der Waals surface area contributed by atoms with Gasteiger partial charge >= 0.3 is 0 Å². The molecule has 2 heterocycles. The van der Waals surface area contributed by atoms with Crippen LogP contribution in [-0.2, 0) is 13.2 Å². The Morgan fingerprint density at radius 2 is 1.82 bits per heavy atom. The number of anilines is 1. The zero-order valence-electron chi connectivity index (χ0n) is 17.9. The lowest BCUT2D eigenvalue weighted by molar-refractivity contribution is 0.0992. The number of hydrogen-bond acceptors (Lipinski definition) is 4. The van der Waals surface area contributed by atoms with Gasteiger partial charge in [0.25, 0.3) is 5.91 Å². The van der Waals surface area contributed by atoms with Crippen LogP contribution in [-0.4, -0.2) is 15.7 Å². The van der Waals surface area contributed by atoms with E-state index in [1.165, 1.54) is 0 Å². The third kappa shape index (κ3) is 4.85. The van der Waals surface area contributed by atoms with Crippen molar-refractivity contribution in [1.29, 1.82) is 0 Å². The summed E-state index contributed by atoms with van der Waals surface area (Å²) in [7, 11) is 0. The van der Waals surface area contributed by atoms with Gasteiger partial charge in [0.15, 0.2) is 11.6 Å². The lowest BCUT2D eigenvalue weighted by Crippen LogP contribution is -2.12. The fourth-order valence-electron chi connectivity index (χ4n) is 3.58. The van der Waals surface area contributed by atoms with Gasteiger partial charge in [0.1, 0.15) is 18.1 Å². The standard InChI is InChI=1S/C26H19BrClN3O3/c27-21-15-31(14-18-7-2-4-10-22(18)28)30-25(21)29-26(32)24-13-12-19(34-24)16-33-23-11-5-8-17-6-1-3-9-20(17)23/h1-13,15H,14,16H2,(H,29,30,32). The first-order valence-corrected chi connectivity index (χ1v) is 11.7. The Kier molecular flexibility index (Phi) is 6.38. The van der Waals surface area contributed by atoms with Gasteiger partial charge in [-0.1, -0.05) is 66.2 Å². The molecule has 5 aromatic rings. The van der Waals surface area contributed by atoms with Crippen LogP contribution in [0.4, 0.5) is 5.82 Å². The van der Waals surface area contributed by atoms with Gasteiger partial charge < -0.3 is 14.5 Å². The van der Waals surface area contributed by atoms with Crippen LogP contribution in [0.15, 0.2) is 93.9 Å². The van der Waals surface area contributed by atoms with Crippen LogP contribution in [0, 0.1) is 0 Å². The van der Waals surface area contributed by atoms with E-state index in [4.69, 9.17) is 20.8 Å². The molecule has 0 unspecified atom stereocenters. The second-order valence-electron chi connectivity index (χ2n) is 7.60. The van der Waals surface area contributed by atoms with Crippen LogP contribution < -0.4 is 10.1 Å². The molecular formula is C26H19BrClN3O3. The maximum Gasteiger partial charge on any atom is 0.292 e.